The zero-order valence-electron chi connectivity index (χ0n) is 10.6. The Hall–Kier alpha value is -0.280. The predicted octanol–water partition coefficient (Wildman–Crippen LogP) is 3.55. The molecule has 1 aromatic rings. The van der Waals surface area contributed by atoms with Crippen LogP contribution in [0.5, 0.6) is 0 Å². The first-order valence-electron chi connectivity index (χ1n) is 6.38. The Kier molecular flexibility index (Phi) is 4.91. The van der Waals surface area contributed by atoms with Crippen LogP contribution < -0.4 is 5.32 Å². The summed E-state index contributed by atoms with van der Waals surface area (Å²) in [4.78, 5) is 0. The lowest BCUT2D eigenvalue weighted by molar-refractivity contribution is 0.149. The van der Waals surface area contributed by atoms with E-state index in [9.17, 15) is 0 Å². The van der Waals surface area contributed by atoms with Gasteiger partial charge < -0.3 is 10.1 Å². The van der Waals surface area contributed by atoms with Gasteiger partial charge >= 0.3 is 0 Å². The first-order chi connectivity index (χ1) is 8.67. The molecule has 4 heteroatoms. The van der Waals surface area contributed by atoms with Gasteiger partial charge in [0.05, 0.1) is 6.61 Å². The van der Waals surface area contributed by atoms with Crippen molar-refractivity contribution >= 4 is 23.2 Å². The van der Waals surface area contributed by atoms with Gasteiger partial charge in [-0.1, -0.05) is 36.2 Å². The molecule has 2 rings (SSSR count). The van der Waals surface area contributed by atoms with Gasteiger partial charge in [-0.15, -0.1) is 0 Å². The molecule has 1 heterocycles. The molecule has 2 nitrogen and oxygen atoms in total. The molecular weight excluding hydrogens is 269 g/mol. The summed E-state index contributed by atoms with van der Waals surface area (Å²) >= 11 is 12.5. The molecule has 1 aromatic carbocycles. The van der Waals surface area contributed by atoms with Crippen LogP contribution in [0.25, 0.3) is 0 Å². The Labute approximate surface area is 119 Å². The summed E-state index contributed by atoms with van der Waals surface area (Å²) in [6, 6.07) is 5.69. The maximum Gasteiger partial charge on any atom is 0.0538 e. The van der Waals surface area contributed by atoms with Crippen LogP contribution in [0.4, 0.5) is 0 Å². The molecule has 1 unspecified atom stereocenters. The van der Waals surface area contributed by atoms with Crippen LogP contribution in [0.1, 0.15) is 18.9 Å². The van der Waals surface area contributed by atoms with Gasteiger partial charge in [-0.05, 0) is 37.1 Å². The quantitative estimate of drug-likeness (QED) is 0.894. The van der Waals surface area contributed by atoms with E-state index in [4.69, 9.17) is 27.9 Å². The van der Waals surface area contributed by atoms with E-state index >= 15 is 0 Å². The molecule has 0 spiro atoms. The molecule has 1 atom stereocenters. The van der Waals surface area contributed by atoms with Crippen LogP contribution in [0.15, 0.2) is 18.2 Å². The monoisotopic (exact) mass is 287 g/mol. The number of hydrogen-bond donors (Lipinski definition) is 1. The minimum atomic E-state index is 0.130. The summed E-state index contributed by atoms with van der Waals surface area (Å²) in [6.07, 6.45) is 1.93. The van der Waals surface area contributed by atoms with Crippen LogP contribution in [0.2, 0.25) is 10.0 Å². The number of hydrogen-bond acceptors (Lipinski definition) is 2. The van der Waals surface area contributed by atoms with Gasteiger partial charge in [0.1, 0.15) is 0 Å². The average Bonchev–Trinajstić information content (AvgIpc) is 2.81. The SMILES string of the molecule is CCNCC1(Cc2c(Cl)cccc2Cl)CCOC1. The van der Waals surface area contributed by atoms with Crippen LogP contribution in [-0.4, -0.2) is 26.3 Å². The molecule has 0 radical (unpaired) electrons. The fourth-order valence-electron chi connectivity index (χ4n) is 2.46. The maximum absolute atomic E-state index is 6.26. The lowest BCUT2D eigenvalue weighted by Gasteiger charge is -2.28. The smallest absolute Gasteiger partial charge is 0.0538 e. The largest absolute Gasteiger partial charge is 0.381 e. The molecule has 18 heavy (non-hydrogen) atoms. The van der Waals surface area contributed by atoms with Crippen molar-refractivity contribution in [3.8, 4) is 0 Å². The highest BCUT2D eigenvalue weighted by Gasteiger charge is 2.35. The number of halogens is 2. The lowest BCUT2D eigenvalue weighted by atomic mass is 9.80. The van der Waals surface area contributed by atoms with Crippen molar-refractivity contribution in [3.05, 3.63) is 33.8 Å². The van der Waals surface area contributed by atoms with E-state index in [0.717, 1.165) is 54.8 Å². The van der Waals surface area contributed by atoms with E-state index in [-0.39, 0.29) is 5.41 Å². The Balaban J connectivity index is 2.18. The zero-order valence-corrected chi connectivity index (χ0v) is 12.2. The minimum Gasteiger partial charge on any atom is -0.381 e. The highest BCUT2D eigenvalue weighted by Crippen LogP contribution is 2.36. The minimum absolute atomic E-state index is 0.130. The van der Waals surface area contributed by atoms with Crippen molar-refractivity contribution in [1.29, 1.82) is 0 Å². The molecule has 1 fully saturated rings. The van der Waals surface area contributed by atoms with Crippen LogP contribution in [-0.2, 0) is 11.2 Å². The van der Waals surface area contributed by atoms with Crippen LogP contribution in [0.3, 0.4) is 0 Å². The van der Waals surface area contributed by atoms with E-state index in [1.54, 1.807) is 0 Å². The Bertz CT molecular complexity index is 383. The number of benzene rings is 1. The van der Waals surface area contributed by atoms with Crippen molar-refractivity contribution in [2.24, 2.45) is 5.41 Å². The maximum atomic E-state index is 6.26. The molecule has 1 N–H and O–H groups in total. The molecule has 0 bridgehead atoms. The van der Waals surface area contributed by atoms with E-state index in [2.05, 4.69) is 12.2 Å². The molecule has 1 saturated heterocycles. The van der Waals surface area contributed by atoms with Crippen molar-refractivity contribution in [2.75, 3.05) is 26.3 Å². The average molecular weight is 288 g/mol. The third kappa shape index (κ3) is 3.18. The van der Waals surface area contributed by atoms with E-state index in [0.29, 0.717) is 0 Å². The second kappa shape index (κ2) is 6.25. The molecule has 1 aliphatic heterocycles. The Morgan fingerprint density at radius 3 is 2.61 bits per heavy atom. The Morgan fingerprint density at radius 2 is 2.06 bits per heavy atom. The second-order valence-corrected chi connectivity index (χ2v) is 5.77. The topological polar surface area (TPSA) is 21.3 Å². The van der Waals surface area contributed by atoms with Gasteiger partial charge in [-0.25, -0.2) is 0 Å². The van der Waals surface area contributed by atoms with Gasteiger partial charge in [0.15, 0.2) is 0 Å². The van der Waals surface area contributed by atoms with E-state index < -0.39 is 0 Å². The number of nitrogens with one attached hydrogen (secondary N) is 1. The lowest BCUT2D eigenvalue weighted by Crippen LogP contribution is -2.36. The van der Waals surface area contributed by atoms with Gasteiger partial charge in [-0.3, -0.25) is 0 Å². The summed E-state index contributed by atoms with van der Waals surface area (Å²) in [5, 5.41) is 4.93. The van der Waals surface area contributed by atoms with Crippen LogP contribution >= 0.6 is 23.2 Å². The fraction of sp³-hybridized carbons (Fsp3) is 0.571. The molecule has 0 amide bonds. The first kappa shape index (κ1) is 14.1. The van der Waals surface area contributed by atoms with Gasteiger partial charge in [0, 0.05) is 28.6 Å². The molecule has 0 aromatic heterocycles. The van der Waals surface area contributed by atoms with Gasteiger partial charge in [0.25, 0.3) is 0 Å². The third-order valence-corrected chi connectivity index (χ3v) is 4.26. The molecule has 1 aliphatic rings. The summed E-state index contributed by atoms with van der Waals surface area (Å²) < 4.78 is 5.58. The van der Waals surface area contributed by atoms with E-state index in [1.165, 1.54) is 0 Å². The third-order valence-electron chi connectivity index (χ3n) is 3.55. The highest BCUT2D eigenvalue weighted by molar-refractivity contribution is 6.36. The summed E-state index contributed by atoms with van der Waals surface area (Å²) in [6.45, 7) is 5.64. The normalized spacial score (nSPS) is 23.5. The number of ether oxygens (including phenoxy) is 1. The summed E-state index contributed by atoms with van der Waals surface area (Å²) in [7, 11) is 0. The molecule has 100 valence electrons. The zero-order chi connectivity index (χ0) is 13.0. The number of rotatable bonds is 5. The van der Waals surface area contributed by atoms with Crippen molar-refractivity contribution < 1.29 is 4.74 Å². The van der Waals surface area contributed by atoms with Crippen molar-refractivity contribution in [2.45, 2.75) is 19.8 Å². The van der Waals surface area contributed by atoms with Crippen molar-refractivity contribution in [1.82, 2.24) is 5.32 Å². The summed E-state index contributed by atoms with van der Waals surface area (Å²) in [5.41, 5.74) is 1.18. The molecular formula is C14H19Cl2NO. The second-order valence-electron chi connectivity index (χ2n) is 4.96. The predicted molar refractivity (Wildman–Crippen MR) is 76.6 cm³/mol. The van der Waals surface area contributed by atoms with E-state index in [1.807, 2.05) is 18.2 Å². The van der Waals surface area contributed by atoms with Gasteiger partial charge in [0.2, 0.25) is 0 Å². The van der Waals surface area contributed by atoms with Gasteiger partial charge in [-0.2, -0.15) is 0 Å². The fourth-order valence-corrected chi connectivity index (χ4v) is 2.99. The Morgan fingerprint density at radius 1 is 1.33 bits per heavy atom. The van der Waals surface area contributed by atoms with Crippen molar-refractivity contribution in [3.63, 3.8) is 0 Å². The van der Waals surface area contributed by atoms with Crippen LogP contribution in [0, 0.1) is 5.41 Å². The molecule has 0 saturated carbocycles. The standard InChI is InChI=1S/C14H19Cl2NO/c1-2-17-9-14(6-7-18-10-14)8-11-12(15)4-3-5-13(11)16/h3-5,17H,2,6-10H2,1H3. The summed E-state index contributed by atoms with van der Waals surface area (Å²) in [5.74, 6) is 0. The first-order valence-corrected chi connectivity index (χ1v) is 7.14. The molecule has 0 aliphatic carbocycles. The highest BCUT2D eigenvalue weighted by atomic mass is 35.5.